The second-order valence-electron chi connectivity index (χ2n) is 4.02. The van der Waals surface area contributed by atoms with Crippen molar-refractivity contribution in [3.05, 3.63) is 22.4 Å². The first-order chi connectivity index (χ1) is 9.05. The summed E-state index contributed by atoms with van der Waals surface area (Å²) in [6.07, 6.45) is 1.90. The minimum Gasteiger partial charge on any atom is -0.351 e. The zero-order valence-corrected chi connectivity index (χ0v) is 12.6. The molecule has 0 aliphatic carbocycles. The van der Waals surface area contributed by atoms with Crippen molar-refractivity contribution in [3.63, 3.8) is 0 Å². The Balaban J connectivity index is 2.13. The molecule has 1 heterocycles. The molecule has 1 aromatic heterocycles. The second-order valence-corrected chi connectivity index (χ2v) is 6.73. The lowest BCUT2D eigenvalue weighted by Crippen LogP contribution is -2.25. The van der Waals surface area contributed by atoms with Crippen molar-refractivity contribution in [2.24, 2.45) is 0 Å². The molecule has 1 aromatic rings. The molecule has 0 unspecified atom stereocenters. The molecule has 1 rings (SSSR count). The summed E-state index contributed by atoms with van der Waals surface area (Å²) in [6.45, 7) is 2.44. The Kier molecular flexibility index (Phi) is 7.04. The monoisotopic (exact) mass is 305 g/mol. The summed E-state index contributed by atoms with van der Waals surface area (Å²) in [5.74, 6) is -0.0748. The van der Waals surface area contributed by atoms with Crippen molar-refractivity contribution in [1.29, 1.82) is 0 Å². The van der Waals surface area contributed by atoms with Gasteiger partial charge in [0.1, 0.15) is 0 Å². The van der Waals surface area contributed by atoms with Crippen LogP contribution in [0.2, 0.25) is 0 Å². The summed E-state index contributed by atoms with van der Waals surface area (Å²) >= 11 is 1.37. The molecule has 0 aliphatic rings. The average molecular weight is 305 g/mol. The van der Waals surface area contributed by atoms with Crippen molar-refractivity contribution < 1.29 is 17.4 Å². The molecule has 0 radical (unpaired) electrons. The van der Waals surface area contributed by atoms with Gasteiger partial charge in [-0.15, -0.1) is 11.3 Å². The Morgan fingerprint density at radius 2 is 2.21 bits per heavy atom. The van der Waals surface area contributed by atoms with Crippen molar-refractivity contribution >= 4 is 27.4 Å². The molecule has 0 fully saturated rings. The number of nitrogens with one attached hydrogen (secondary N) is 1. The lowest BCUT2D eigenvalue weighted by atomic mass is 10.4. The minimum absolute atomic E-state index is 0.0606. The Bertz CT molecular complexity index is 468. The summed E-state index contributed by atoms with van der Waals surface area (Å²) in [5, 5.41) is 4.54. The van der Waals surface area contributed by atoms with Crippen LogP contribution >= 0.6 is 11.3 Å². The maximum Gasteiger partial charge on any atom is 0.267 e. The van der Waals surface area contributed by atoms with Gasteiger partial charge in [0.25, 0.3) is 16.0 Å². The minimum atomic E-state index is -3.40. The molecule has 5 nitrogen and oxygen atoms in total. The summed E-state index contributed by atoms with van der Waals surface area (Å²) in [7, 11) is -3.40. The predicted octanol–water partition coefficient (Wildman–Crippen LogP) is 2.01. The average Bonchev–Trinajstić information content (AvgIpc) is 2.89. The Morgan fingerprint density at radius 3 is 2.84 bits per heavy atom. The van der Waals surface area contributed by atoms with E-state index in [4.69, 9.17) is 4.18 Å². The second kappa shape index (κ2) is 8.29. The van der Waals surface area contributed by atoms with Gasteiger partial charge in [0.2, 0.25) is 0 Å². The number of carbonyl (C=O) groups is 1. The van der Waals surface area contributed by atoms with Crippen LogP contribution < -0.4 is 5.32 Å². The van der Waals surface area contributed by atoms with Crippen molar-refractivity contribution in [3.8, 4) is 0 Å². The fourth-order valence-corrected chi connectivity index (χ4v) is 3.11. The lowest BCUT2D eigenvalue weighted by molar-refractivity contribution is 0.0956. The zero-order chi connectivity index (χ0) is 14.1. The fraction of sp³-hybridized carbons (Fsp3) is 0.583. The lowest BCUT2D eigenvalue weighted by Gasteiger charge is -2.05. The highest BCUT2D eigenvalue weighted by Crippen LogP contribution is 2.07. The van der Waals surface area contributed by atoms with Gasteiger partial charge in [-0.1, -0.05) is 19.4 Å². The van der Waals surface area contributed by atoms with E-state index in [0.717, 1.165) is 6.42 Å². The number of rotatable bonds is 9. The van der Waals surface area contributed by atoms with E-state index in [9.17, 15) is 13.2 Å². The van der Waals surface area contributed by atoms with Gasteiger partial charge in [0, 0.05) is 6.54 Å². The van der Waals surface area contributed by atoms with Crippen LogP contribution in [0.4, 0.5) is 0 Å². The quantitative estimate of drug-likeness (QED) is 0.559. The number of hydrogen-bond acceptors (Lipinski definition) is 5. The maximum atomic E-state index is 11.5. The third-order valence-electron chi connectivity index (χ3n) is 2.36. The van der Waals surface area contributed by atoms with Crippen LogP contribution in [0.1, 0.15) is 35.9 Å². The molecule has 1 N–H and O–H groups in total. The molecule has 0 saturated heterocycles. The topological polar surface area (TPSA) is 72.5 Å². The summed E-state index contributed by atoms with van der Waals surface area (Å²) in [5.41, 5.74) is 0. The van der Waals surface area contributed by atoms with Gasteiger partial charge in [-0.25, -0.2) is 0 Å². The molecule has 0 bridgehead atoms. The van der Waals surface area contributed by atoms with E-state index < -0.39 is 10.1 Å². The first-order valence-corrected chi connectivity index (χ1v) is 8.69. The van der Waals surface area contributed by atoms with Gasteiger partial charge in [0.05, 0.1) is 17.2 Å². The summed E-state index contributed by atoms with van der Waals surface area (Å²) in [6, 6.07) is 3.55. The highest BCUT2D eigenvalue weighted by molar-refractivity contribution is 7.86. The number of unbranched alkanes of at least 4 members (excludes halogenated alkanes) is 1. The largest absolute Gasteiger partial charge is 0.351 e. The van der Waals surface area contributed by atoms with Crippen LogP contribution in [0, 0.1) is 0 Å². The van der Waals surface area contributed by atoms with Crippen LogP contribution in [-0.2, 0) is 14.3 Å². The molecule has 108 valence electrons. The Hall–Kier alpha value is -0.920. The van der Waals surface area contributed by atoms with Gasteiger partial charge in [-0.05, 0) is 24.3 Å². The van der Waals surface area contributed by atoms with E-state index in [1.54, 1.807) is 6.07 Å². The van der Waals surface area contributed by atoms with Crippen LogP contribution in [-0.4, -0.2) is 33.2 Å². The van der Waals surface area contributed by atoms with E-state index in [1.807, 2.05) is 18.4 Å². The standard InChI is InChI=1S/C12H19NO4S2/c1-2-3-10-19(15,16)17-8-5-7-13-12(14)11-6-4-9-18-11/h4,6,9H,2-3,5,7-8,10H2,1H3,(H,13,14). The molecule has 0 atom stereocenters. The van der Waals surface area contributed by atoms with Gasteiger partial charge >= 0.3 is 0 Å². The number of hydrogen-bond donors (Lipinski definition) is 1. The highest BCUT2D eigenvalue weighted by Gasteiger charge is 2.10. The molecule has 0 aromatic carbocycles. The highest BCUT2D eigenvalue weighted by atomic mass is 32.2. The van der Waals surface area contributed by atoms with E-state index >= 15 is 0 Å². The molecule has 19 heavy (non-hydrogen) atoms. The number of amides is 1. The number of carbonyl (C=O) groups excluding carboxylic acids is 1. The molecular formula is C12H19NO4S2. The fourth-order valence-electron chi connectivity index (χ4n) is 1.33. The molecule has 1 amide bonds. The molecule has 0 aliphatic heterocycles. The van der Waals surface area contributed by atoms with Gasteiger partial charge in [-0.2, -0.15) is 8.42 Å². The van der Waals surface area contributed by atoms with Gasteiger partial charge < -0.3 is 5.32 Å². The first kappa shape index (κ1) is 16.1. The van der Waals surface area contributed by atoms with E-state index in [-0.39, 0.29) is 18.3 Å². The molecule has 7 heteroatoms. The van der Waals surface area contributed by atoms with Crippen LogP contribution in [0.25, 0.3) is 0 Å². The van der Waals surface area contributed by atoms with Gasteiger partial charge in [-0.3, -0.25) is 8.98 Å². The van der Waals surface area contributed by atoms with Crippen molar-refractivity contribution in [1.82, 2.24) is 5.32 Å². The van der Waals surface area contributed by atoms with E-state index in [2.05, 4.69) is 5.32 Å². The van der Waals surface area contributed by atoms with Gasteiger partial charge in [0.15, 0.2) is 0 Å². The van der Waals surface area contributed by atoms with Crippen molar-refractivity contribution in [2.75, 3.05) is 18.9 Å². The molecule has 0 saturated carbocycles. The molecular weight excluding hydrogens is 286 g/mol. The van der Waals surface area contributed by atoms with E-state index in [1.165, 1.54) is 11.3 Å². The maximum absolute atomic E-state index is 11.5. The van der Waals surface area contributed by atoms with Crippen molar-refractivity contribution in [2.45, 2.75) is 26.2 Å². The van der Waals surface area contributed by atoms with Crippen LogP contribution in [0.3, 0.4) is 0 Å². The smallest absolute Gasteiger partial charge is 0.267 e. The Labute approximate surface area is 118 Å². The Morgan fingerprint density at radius 1 is 1.42 bits per heavy atom. The SMILES string of the molecule is CCCCS(=O)(=O)OCCCNC(=O)c1cccs1. The summed E-state index contributed by atoms with van der Waals surface area (Å²) < 4.78 is 27.6. The zero-order valence-electron chi connectivity index (χ0n) is 10.9. The predicted molar refractivity (Wildman–Crippen MR) is 75.9 cm³/mol. The first-order valence-electron chi connectivity index (χ1n) is 6.24. The van der Waals surface area contributed by atoms with E-state index in [0.29, 0.717) is 24.3 Å². The third-order valence-corrected chi connectivity index (χ3v) is 4.55. The molecule has 0 spiro atoms. The number of thiophene rings is 1. The normalized spacial score (nSPS) is 11.4. The van der Waals surface area contributed by atoms with Crippen LogP contribution in [0.15, 0.2) is 17.5 Å². The third kappa shape index (κ3) is 6.70. The summed E-state index contributed by atoms with van der Waals surface area (Å²) in [4.78, 5) is 12.2. The van der Waals surface area contributed by atoms with Crippen LogP contribution in [0.5, 0.6) is 0 Å².